The Morgan fingerprint density at radius 2 is 2.35 bits per heavy atom. The summed E-state index contributed by atoms with van der Waals surface area (Å²) in [5, 5.41) is 5.67. The molecule has 0 bridgehead atoms. The average molecular weight is 289 g/mol. The zero-order chi connectivity index (χ0) is 14.4. The number of rotatable bonds is 5. The zero-order valence-electron chi connectivity index (χ0n) is 11.3. The summed E-state index contributed by atoms with van der Waals surface area (Å²) in [6.45, 7) is 2.36. The van der Waals surface area contributed by atoms with Crippen LogP contribution >= 0.6 is 11.3 Å². The first-order valence-electron chi connectivity index (χ1n) is 6.04. The Morgan fingerprint density at radius 1 is 1.50 bits per heavy atom. The van der Waals surface area contributed by atoms with Crippen LogP contribution in [0, 0.1) is 6.92 Å². The molecule has 0 saturated heterocycles. The number of pyridine rings is 1. The van der Waals surface area contributed by atoms with Crippen molar-refractivity contribution >= 4 is 23.3 Å². The van der Waals surface area contributed by atoms with Gasteiger partial charge in [-0.05, 0) is 18.6 Å². The molecular formula is C14H15N3O2S. The number of ether oxygens (including phenoxy) is 1. The first-order chi connectivity index (χ1) is 9.67. The Balaban J connectivity index is 1.83. The van der Waals surface area contributed by atoms with E-state index in [-0.39, 0.29) is 5.91 Å². The van der Waals surface area contributed by atoms with Crippen molar-refractivity contribution in [1.29, 1.82) is 0 Å². The van der Waals surface area contributed by atoms with Gasteiger partial charge >= 0.3 is 0 Å². The number of thiazole rings is 1. The van der Waals surface area contributed by atoms with Crippen LogP contribution in [0.25, 0.3) is 6.08 Å². The summed E-state index contributed by atoms with van der Waals surface area (Å²) in [4.78, 5) is 20.0. The van der Waals surface area contributed by atoms with E-state index in [9.17, 15) is 4.79 Å². The van der Waals surface area contributed by atoms with Gasteiger partial charge in [0, 0.05) is 30.3 Å². The van der Waals surface area contributed by atoms with Gasteiger partial charge in [0.2, 0.25) is 11.8 Å². The first-order valence-corrected chi connectivity index (χ1v) is 6.92. The van der Waals surface area contributed by atoms with Crippen LogP contribution in [0.4, 0.5) is 0 Å². The minimum Gasteiger partial charge on any atom is -0.481 e. The van der Waals surface area contributed by atoms with Crippen LogP contribution in [0.5, 0.6) is 5.88 Å². The fourth-order valence-corrected chi connectivity index (χ4v) is 2.08. The van der Waals surface area contributed by atoms with E-state index in [0.717, 1.165) is 16.3 Å². The van der Waals surface area contributed by atoms with Gasteiger partial charge in [-0.2, -0.15) is 0 Å². The van der Waals surface area contributed by atoms with Gasteiger partial charge in [-0.1, -0.05) is 6.07 Å². The van der Waals surface area contributed by atoms with Crippen molar-refractivity contribution in [2.45, 2.75) is 13.5 Å². The molecule has 1 N–H and O–H groups in total. The summed E-state index contributed by atoms with van der Waals surface area (Å²) in [5.74, 6) is 0.394. The van der Waals surface area contributed by atoms with E-state index in [0.29, 0.717) is 12.4 Å². The largest absolute Gasteiger partial charge is 0.481 e. The van der Waals surface area contributed by atoms with Crippen LogP contribution < -0.4 is 10.1 Å². The molecule has 0 saturated carbocycles. The second-order valence-corrected chi connectivity index (χ2v) is 5.11. The van der Waals surface area contributed by atoms with Crippen LogP contribution in [0.3, 0.4) is 0 Å². The minimum absolute atomic E-state index is 0.161. The van der Waals surface area contributed by atoms with Crippen LogP contribution in [0.2, 0.25) is 0 Å². The number of methoxy groups -OCH3 is 1. The highest BCUT2D eigenvalue weighted by Crippen LogP contribution is 2.09. The molecule has 104 valence electrons. The molecule has 2 heterocycles. The SMILES string of the molecule is COc1ccc(CNC(=O)/C=C/c2csc(C)n2)cn1. The Kier molecular flexibility index (Phi) is 4.84. The average Bonchev–Trinajstić information content (AvgIpc) is 2.89. The second-order valence-electron chi connectivity index (χ2n) is 4.05. The lowest BCUT2D eigenvalue weighted by atomic mass is 10.3. The number of hydrogen-bond acceptors (Lipinski definition) is 5. The highest BCUT2D eigenvalue weighted by molar-refractivity contribution is 7.09. The standard InChI is InChI=1S/C14H15N3O2S/c1-10-17-12(9-20-10)4-5-13(18)15-7-11-3-6-14(19-2)16-8-11/h3-6,8-9H,7H2,1-2H3,(H,15,18)/b5-4+. The van der Waals surface area contributed by atoms with Crippen LogP contribution in [0.15, 0.2) is 29.8 Å². The third kappa shape index (κ3) is 4.17. The van der Waals surface area contributed by atoms with Crippen molar-refractivity contribution in [3.8, 4) is 5.88 Å². The maximum absolute atomic E-state index is 11.7. The third-order valence-corrected chi connectivity index (χ3v) is 3.31. The molecule has 0 aliphatic carbocycles. The predicted octanol–water partition coefficient (Wildman–Crippen LogP) is 2.18. The second kappa shape index (κ2) is 6.81. The fraction of sp³-hybridized carbons (Fsp3) is 0.214. The summed E-state index contributed by atoms with van der Waals surface area (Å²) < 4.78 is 4.97. The van der Waals surface area contributed by atoms with E-state index in [1.807, 2.05) is 18.4 Å². The fourth-order valence-electron chi connectivity index (χ4n) is 1.50. The van der Waals surface area contributed by atoms with Gasteiger partial charge in [0.15, 0.2) is 0 Å². The topological polar surface area (TPSA) is 64.1 Å². The molecule has 6 heteroatoms. The highest BCUT2D eigenvalue weighted by Gasteiger charge is 1.99. The van der Waals surface area contributed by atoms with Crippen molar-refractivity contribution in [2.24, 2.45) is 0 Å². The quantitative estimate of drug-likeness (QED) is 0.857. The number of hydrogen-bond donors (Lipinski definition) is 1. The van der Waals surface area contributed by atoms with Crippen LogP contribution in [0.1, 0.15) is 16.3 Å². The molecule has 2 aromatic heterocycles. The van der Waals surface area contributed by atoms with Crippen LogP contribution in [-0.2, 0) is 11.3 Å². The lowest BCUT2D eigenvalue weighted by Gasteiger charge is -2.03. The van der Waals surface area contributed by atoms with Gasteiger partial charge in [0.1, 0.15) is 0 Å². The van der Waals surface area contributed by atoms with Crippen LogP contribution in [-0.4, -0.2) is 23.0 Å². The lowest BCUT2D eigenvalue weighted by molar-refractivity contribution is -0.116. The van der Waals surface area contributed by atoms with E-state index in [1.165, 1.54) is 6.08 Å². The van der Waals surface area contributed by atoms with Gasteiger partial charge in [-0.25, -0.2) is 9.97 Å². The van der Waals surface area contributed by atoms with E-state index >= 15 is 0 Å². The maximum Gasteiger partial charge on any atom is 0.244 e. The van der Waals surface area contributed by atoms with Crippen molar-refractivity contribution in [1.82, 2.24) is 15.3 Å². The van der Waals surface area contributed by atoms with Crippen molar-refractivity contribution in [3.05, 3.63) is 46.1 Å². The maximum atomic E-state index is 11.7. The zero-order valence-corrected chi connectivity index (χ0v) is 12.1. The molecule has 5 nitrogen and oxygen atoms in total. The summed E-state index contributed by atoms with van der Waals surface area (Å²) in [6.07, 6.45) is 4.85. The minimum atomic E-state index is -0.161. The molecule has 2 rings (SSSR count). The summed E-state index contributed by atoms with van der Waals surface area (Å²) in [7, 11) is 1.56. The van der Waals surface area contributed by atoms with E-state index < -0.39 is 0 Å². The third-order valence-electron chi connectivity index (χ3n) is 2.52. The number of carbonyl (C=O) groups excluding carboxylic acids is 1. The molecule has 20 heavy (non-hydrogen) atoms. The first kappa shape index (κ1) is 14.2. The monoisotopic (exact) mass is 289 g/mol. The van der Waals surface area contributed by atoms with Gasteiger partial charge in [-0.15, -0.1) is 11.3 Å². The number of aromatic nitrogens is 2. The smallest absolute Gasteiger partial charge is 0.244 e. The number of aryl methyl sites for hydroxylation is 1. The molecule has 0 atom stereocenters. The van der Waals surface area contributed by atoms with Gasteiger partial charge in [0.25, 0.3) is 0 Å². The molecule has 0 fully saturated rings. The lowest BCUT2D eigenvalue weighted by Crippen LogP contribution is -2.20. The number of carbonyl (C=O) groups is 1. The summed E-state index contributed by atoms with van der Waals surface area (Å²) >= 11 is 1.56. The van der Waals surface area contributed by atoms with Gasteiger partial charge < -0.3 is 10.1 Å². The summed E-state index contributed by atoms with van der Waals surface area (Å²) in [5.41, 5.74) is 1.71. The van der Waals surface area contributed by atoms with E-state index in [1.54, 1.807) is 36.8 Å². The van der Waals surface area contributed by atoms with Crippen molar-refractivity contribution < 1.29 is 9.53 Å². The summed E-state index contributed by atoms with van der Waals surface area (Å²) in [6, 6.07) is 3.62. The number of amides is 1. The molecule has 0 aliphatic heterocycles. The molecular weight excluding hydrogens is 274 g/mol. The van der Waals surface area contributed by atoms with Crippen molar-refractivity contribution in [3.63, 3.8) is 0 Å². The molecule has 0 unspecified atom stereocenters. The Hall–Kier alpha value is -2.21. The molecule has 0 spiro atoms. The molecule has 0 aliphatic rings. The number of nitrogens with one attached hydrogen (secondary N) is 1. The predicted molar refractivity (Wildman–Crippen MR) is 78.5 cm³/mol. The highest BCUT2D eigenvalue weighted by atomic mass is 32.1. The molecule has 1 amide bonds. The Bertz CT molecular complexity index is 605. The number of nitrogens with zero attached hydrogens (tertiary/aromatic N) is 2. The molecule has 0 aromatic carbocycles. The van der Waals surface area contributed by atoms with E-state index in [4.69, 9.17) is 4.74 Å². The molecule has 2 aromatic rings. The van der Waals surface area contributed by atoms with Gasteiger partial charge in [-0.3, -0.25) is 4.79 Å². The molecule has 0 radical (unpaired) electrons. The van der Waals surface area contributed by atoms with Gasteiger partial charge in [0.05, 0.1) is 17.8 Å². The van der Waals surface area contributed by atoms with Crippen molar-refractivity contribution in [2.75, 3.05) is 7.11 Å². The Morgan fingerprint density at radius 3 is 2.95 bits per heavy atom. The Labute approximate surface area is 121 Å². The van der Waals surface area contributed by atoms with E-state index in [2.05, 4.69) is 15.3 Å². The normalized spacial score (nSPS) is 10.7.